The van der Waals surface area contributed by atoms with Gasteiger partial charge in [-0.2, -0.15) is 0 Å². The third-order valence-electron chi connectivity index (χ3n) is 4.98. The van der Waals surface area contributed by atoms with Gasteiger partial charge in [0.25, 0.3) is 0 Å². The molecule has 1 N–H and O–H groups in total. The van der Waals surface area contributed by atoms with Crippen molar-refractivity contribution < 1.29 is 20.4 Å². The van der Waals surface area contributed by atoms with E-state index < -0.39 is 12.5 Å². The summed E-state index contributed by atoms with van der Waals surface area (Å²) >= 11 is 0. The number of carboxylic acids is 1. The standard InChI is InChI=1S/C25H26N4O4/c1-18(2)29(22-11-9-19(10-12-22)23-8-5-13-32-23)14-20-6-3-4-7-24(20)33-17-21-15-28(27-26-21)16-25(30)31/h3-13,15,18H,14,16-17H2,1-2H3,(H,30,31)/i14D. The van der Waals surface area contributed by atoms with Gasteiger partial charge in [0.2, 0.25) is 0 Å². The number of aromatic nitrogens is 3. The topological polar surface area (TPSA) is 93.6 Å². The Morgan fingerprint density at radius 3 is 2.67 bits per heavy atom. The van der Waals surface area contributed by atoms with Crippen molar-refractivity contribution in [2.75, 3.05) is 4.90 Å². The van der Waals surface area contributed by atoms with Crippen LogP contribution in [0.1, 0.15) is 26.5 Å². The van der Waals surface area contributed by atoms with Crippen LogP contribution in [0.4, 0.5) is 5.69 Å². The average molecular weight is 448 g/mol. The Balaban J connectivity index is 1.53. The zero-order valence-electron chi connectivity index (χ0n) is 19.5. The lowest BCUT2D eigenvalue weighted by Gasteiger charge is -2.30. The van der Waals surface area contributed by atoms with Crippen LogP contribution in [0.15, 0.2) is 77.5 Å². The van der Waals surface area contributed by atoms with E-state index in [9.17, 15) is 4.79 Å². The molecule has 33 heavy (non-hydrogen) atoms. The number of carbonyl (C=O) groups is 1. The summed E-state index contributed by atoms with van der Waals surface area (Å²) in [5.74, 6) is 0.364. The van der Waals surface area contributed by atoms with Crippen LogP contribution in [-0.4, -0.2) is 32.1 Å². The van der Waals surface area contributed by atoms with Crippen LogP contribution in [0.2, 0.25) is 0 Å². The molecule has 0 fully saturated rings. The summed E-state index contributed by atoms with van der Waals surface area (Å²) in [4.78, 5) is 12.9. The number of rotatable bonds is 10. The number of para-hydroxylation sites is 1. The quantitative estimate of drug-likeness (QED) is 0.379. The first-order valence-electron chi connectivity index (χ1n) is 11.2. The molecule has 1 atom stereocenters. The molecule has 8 nitrogen and oxygen atoms in total. The van der Waals surface area contributed by atoms with Gasteiger partial charge in [0, 0.05) is 29.4 Å². The normalized spacial score (nSPS) is 12.4. The highest BCUT2D eigenvalue weighted by Crippen LogP contribution is 2.28. The first-order chi connectivity index (χ1) is 16.4. The smallest absolute Gasteiger partial charge is 0.325 e. The lowest BCUT2D eigenvalue weighted by molar-refractivity contribution is -0.137. The van der Waals surface area contributed by atoms with Crippen LogP contribution in [0.25, 0.3) is 11.3 Å². The summed E-state index contributed by atoms with van der Waals surface area (Å²) in [7, 11) is 0. The molecule has 2 aromatic carbocycles. The van der Waals surface area contributed by atoms with E-state index in [0.29, 0.717) is 17.0 Å². The van der Waals surface area contributed by atoms with Gasteiger partial charge in [0.15, 0.2) is 0 Å². The molecule has 4 aromatic rings. The minimum absolute atomic E-state index is 0.0564. The van der Waals surface area contributed by atoms with Crippen LogP contribution in [0.5, 0.6) is 5.75 Å². The highest BCUT2D eigenvalue weighted by molar-refractivity contribution is 5.66. The van der Waals surface area contributed by atoms with Crippen molar-refractivity contribution in [2.24, 2.45) is 0 Å². The molecule has 0 aliphatic rings. The number of hydrogen-bond donors (Lipinski definition) is 1. The zero-order chi connectivity index (χ0) is 24.1. The van der Waals surface area contributed by atoms with Gasteiger partial charge in [-0.25, -0.2) is 4.68 Å². The maximum atomic E-state index is 10.8. The second kappa shape index (κ2) is 10.0. The van der Waals surface area contributed by atoms with Gasteiger partial charge in [-0.15, -0.1) is 5.10 Å². The molecule has 0 aliphatic carbocycles. The molecule has 0 saturated carbocycles. The van der Waals surface area contributed by atoms with Crippen LogP contribution >= 0.6 is 0 Å². The maximum absolute atomic E-state index is 10.8. The number of anilines is 1. The van der Waals surface area contributed by atoms with E-state index in [-0.39, 0.29) is 19.2 Å². The fraction of sp³-hybridized carbons (Fsp3) is 0.240. The number of aliphatic carboxylic acids is 1. The molecule has 1 unspecified atom stereocenters. The van der Waals surface area contributed by atoms with Gasteiger partial charge in [0.05, 0.1) is 13.8 Å². The van der Waals surface area contributed by atoms with Crippen molar-refractivity contribution >= 4 is 11.7 Å². The Bertz CT molecular complexity index is 1220. The number of benzene rings is 2. The van der Waals surface area contributed by atoms with Crippen molar-refractivity contribution in [1.29, 1.82) is 0 Å². The minimum Gasteiger partial charge on any atom is -0.487 e. The second-order valence-corrected chi connectivity index (χ2v) is 7.78. The lowest BCUT2D eigenvalue weighted by atomic mass is 10.1. The summed E-state index contributed by atoms with van der Waals surface area (Å²) in [5, 5.41) is 16.6. The van der Waals surface area contributed by atoms with Crippen molar-refractivity contribution in [2.45, 2.75) is 39.6 Å². The van der Waals surface area contributed by atoms with Gasteiger partial charge >= 0.3 is 5.97 Å². The van der Waals surface area contributed by atoms with Crippen molar-refractivity contribution in [3.63, 3.8) is 0 Å². The monoisotopic (exact) mass is 447 g/mol. The summed E-state index contributed by atoms with van der Waals surface area (Å²) in [6.07, 6.45) is 3.18. The molecule has 0 amide bonds. The Morgan fingerprint density at radius 1 is 1.18 bits per heavy atom. The minimum atomic E-state index is -0.995. The molecule has 0 saturated heterocycles. The summed E-state index contributed by atoms with van der Waals surface area (Å²) in [5.41, 5.74) is 3.10. The SMILES string of the molecule is [2H]C(c1ccccc1OCc1cn(CC(=O)O)nn1)N(c1ccc(-c2ccco2)cc1)C(C)C. The van der Waals surface area contributed by atoms with Gasteiger partial charge < -0.3 is 19.2 Å². The second-order valence-electron chi connectivity index (χ2n) is 7.78. The first-order valence-corrected chi connectivity index (χ1v) is 10.6. The van der Waals surface area contributed by atoms with Crippen LogP contribution < -0.4 is 9.64 Å². The van der Waals surface area contributed by atoms with Crippen LogP contribution in [0.3, 0.4) is 0 Å². The third-order valence-corrected chi connectivity index (χ3v) is 4.98. The van der Waals surface area contributed by atoms with Crippen molar-refractivity contribution in [3.8, 4) is 17.1 Å². The number of carboxylic acid groups (broad SMARTS) is 1. The molecule has 2 aromatic heterocycles. The summed E-state index contributed by atoms with van der Waals surface area (Å²) < 4.78 is 21.8. The fourth-order valence-electron chi connectivity index (χ4n) is 3.40. The Morgan fingerprint density at radius 2 is 1.97 bits per heavy atom. The summed E-state index contributed by atoms with van der Waals surface area (Å²) in [6, 6.07) is 19.2. The molecule has 0 aliphatic heterocycles. The predicted octanol–water partition coefficient (Wildman–Crippen LogP) is 4.62. The van der Waals surface area contributed by atoms with Gasteiger partial charge in [-0.05, 0) is 56.3 Å². The maximum Gasteiger partial charge on any atom is 0.325 e. The predicted molar refractivity (Wildman–Crippen MR) is 124 cm³/mol. The first kappa shape index (κ1) is 20.8. The van der Waals surface area contributed by atoms with E-state index in [0.717, 1.165) is 17.0 Å². The average Bonchev–Trinajstić information content (AvgIpc) is 3.50. The summed E-state index contributed by atoms with van der Waals surface area (Å²) in [6.45, 7) is 3.23. The molecule has 0 spiro atoms. The van der Waals surface area contributed by atoms with Crippen LogP contribution in [-0.2, 0) is 24.5 Å². The number of ether oxygens (including phenoxy) is 1. The zero-order valence-corrected chi connectivity index (χ0v) is 18.5. The van der Waals surface area contributed by atoms with Crippen molar-refractivity contribution in [3.05, 3.63) is 84.4 Å². The lowest BCUT2D eigenvalue weighted by Crippen LogP contribution is -2.30. The molecule has 170 valence electrons. The van der Waals surface area contributed by atoms with E-state index in [1.807, 2.05) is 79.4 Å². The third kappa shape index (κ3) is 5.60. The number of hydrogen-bond acceptors (Lipinski definition) is 6. The highest BCUT2D eigenvalue weighted by Gasteiger charge is 2.15. The van der Waals surface area contributed by atoms with E-state index in [1.54, 1.807) is 6.26 Å². The number of furan rings is 1. The molecule has 0 bridgehead atoms. The molecular weight excluding hydrogens is 420 g/mol. The highest BCUT2D eigenvalue weighted by atomic mass is 16.5. The Kier molecular flexibility index (Phi) is 6.33. The van der Waals surface area contributed by atoms with Gasteiger partial charge in [-0.1, -0.05) is 23.4 Å². The number of nitrogens with zero attached hydrogens (tertiary/aromatic N) is 4. The molecule has 0 radical (unpaired) electrons. The largest absolute Gasteiger partial charge is 0.487 e. The van der Waals surface area contributed by atoms with E-state index >= 15 is 0 Å². The van der Waals surface area contributed by atoms with E-state index in [1.165, 1.54) is 10.9 Å². The van der Waals surface area contributed by atoms with E-state index in [2.05, 4.69) is 10.3 Å². The Labute approximate surface area is 193 Å². The molecule has 4 rings (SSSR count). The van der Waals surface area contributed by atoms with E-state index in [4.69, 9.17) is 15.6 Å². The van der Waals surface area contributed by atoms with Crippen LogP contribution in [0, 0.1) is 0 Å². The van der Waals surface area contributed by atoms with Gasteiger partial charge in [-0.3, -0.25) is 4.79 Å². The molecular formula is C25H26N4O4. The Hall–Kier alpha value is -4.07. The molecule has 2 heterocycles. The van der Waals surface area contributed by atoms with Crippen molar-refractivity contribution in [1.82, 2.24) is 15.0 Å². The fourth-order valence-corrected chi connectivity index (χ4v) is 3.40. The molecule has 8 heteroatoms. The van der Waals surface area contributed by atoms with Gasteiger partial charge in [0.1, 0.15) is 30.4 Å².